The lowest BCUT2D eigenvalue weighted by Gasteiger charge is -2.35. The minimum absolute atomic E-state index is 0.0664. The Morgan fingerprint density at radius 1 is 1.29 bits per heavy atom. The Morgan fingerprint density at radius 3 is 2.64 bits per heavy atom. The molecule has 1 atom stereocenters. The van der Waals surface area contributed by atoms with Crippen molar-refractivity contribution in [2.75, 3.05) is 23.1 Å². The quantitative estimate of drug-likeness (QED) is 0.602. The molecule has 1 aromatic carbocycles. The predicted molar refractivity (Wildman–Crippen MR) is 119 cm³/mol. The molecule has 1 aliphatic heterocycles. The number of hydroxylamine groups is 2. The predicted octanol–water partition coefficient (Wildman–Crippen LogP) is 4.95. The van der Waals surface area contributed by atoms with Crippen LogP contribution in [-0.4, -0.2) is 44.0 Å². The molecule has 2 heterocycles. The Labute approximate surface area is 173 Å². The summed E-state index contributed by atoms with van der Waals surface area (Å²) in [4.78, 5) is 6.25. The molecule has 5 nitrogen and oxygen atoms in total. The molecule has 0 radical (unpaired) electrons. The van der Waals surface area contributed by atoms with Crippen LogP contribution in [0.1, 0.15) is 52.5 Å². The normalized spacial score (nSPS) is 18.8. The molecule has 0 N–H and O–H groups in total. The standard InChI is InChI=1S/C21H32N2O3S2/c1-6-21(4,5)26-22-14-10-11-17(22)15-23(28(24,25)7-2)20-16(3)18-12-8-9-13-19(18)27-20/h8-9,12-13,17H,6-7,10-11,14-15H2,1-5H3. The van der Waals surface area contributed by atoms with Gasteiger partial charge in [-0.25, -0.2) is 8.42 Å². The number of fused-ring (bicyclic) bond motifs is 1. The highest BCUT2D eigenvalue weighted by molar-refractivity contribution is 7.93. The van der Waals surface area contributed by atoms with Gasteiger partial charge >= 0.3 is 0 Å². The maximum absolute atomic E-state index is 13.0. The van der Waals surface area contributed by atoms with Crippen molar-refractivity contribution in [2.45, 2.75) is 65.5 Å². The summed E-state index contributed by atoms with van der Waals surface area (Å²) in [5.41, 5.74) is 0.793. The zero-order valence-electron chi connectivity index (χ0n) is 17.6. The third kappa shape index (κ3) is 4.37. The molecular weight excluding hydrogens is 392 g/mol. The van der Waals surface area contributed by atoms with Gasteiger partial charge in [-0.2, -0.15) is 5.06 Å². The molecule has 1 saturated heterocycles. The number of sulfonamides is 1. The molecule has 1 aromatic heterocycles. The minimum Gasteiger partial charge on any atom is -0.293 e. The molecule has 1 fully saturated rings. The molecule has 1 aliphatic rings. The van der Waals surface area contributed by atoms with Gasteiger partial charge < -0.3 is 0 Å². The lowest BCUT2D eigenvalue weighted by atomic mass is 10.1. The van der Waals surface area contributed by atoms with Gasteiger partial charge in [0.25, 0.3) is 0 Å². The van der Waals surface area contributed by atoms with Crippen LogP contribution in [0.3, 0.4) is 0 Å². The molecule has 3 rings (SSSR count). The number of aryl methyl sites for hydroxylation is 1. The third-order valence-corrected chi connectivity index (χ3v) is 8.81. The number of hydrogen-bond donors (Lipinski definition) is 0. The van der Waals surface area contributed by atoms with E-state index in [1.165, 1.54) is 0 Å². The van der Waals surface area contributed by atoms with Crippen LogP contribution in [0.25, 0.3) is 10.1 Å². The maximum Gasteiger partial charge on any atom is 0.235 e. The van der Waals surface area contributed by atoms with E-state index < -0.39 is 10.0 Å². The second-order valence-electron chi connectivity index (χ2n) is 8.10. The highest BCUT2D eigenvalue weighted by atomic mass is 32.2. The number of hydrogen-bond acceptors (Lipinski definition) is 5. The van der Waals surface area contributed by atoms with Crippen LogP contribution in [0, 0.1) is 6.92 Å². The van der Waals surface area contributed by atoms with Gasteiger partial charge in [0.1, 0.15) is 5.00 Å². The van der Waals surface area contributed by atoms with Gasteiger partial charge in [-0.1, -0.05) is 25.1 Å². The molecule has 0 saturated carbocycles. The van der Waals surface area contributed by atoms with Crippen molar-refractivity contribution in [3.63, 3.8) is 0 Å². The van der Waals surface area contributed by atoms with E-state index in [4.69, 9.17) is 4.84 Å². The highest BCUT2D eigenvalue weighted by Crippen LogP contribution is 2.39. The van der Waals surface area contributed by atoms with Crippen molar-refractivity contribution < 1.29 is 13.3 Å². The van der Waals surface area contributed by atoms with Crippen molar-refractivity contribution >= 4 is 36.4 Å². The van der Waals surface area contributed by atoms with E-state index in [1.807, 2.05) is 24.1 Å². The van der Waals surface area contributed by atoms with Crippen LogP contribution >= 0.6 is 11.3 Å². The summed E-state index contributed by atoms with van der Waals surface area (Å²) in [6, 6.07) is 8.19. The summed E-state index contributed by atoms with van der Waals surface area (Å²) in [7, 11) is -3.38. The Morgan fingerprint density at radius 2 is 2.00 bits per heavy atom. The molecule has 7 heteroatoms. The summed E-state index contributed by atoms with van der Waals surface area (Å²) in [6.45, 7) is 11.3. The molecule has 1 unspecified atom stereocenters. The summed E-state index contributed by atoms with van der Waals surface area (Å²) in [6.07, 6.45) is 2.87. The van der Waals surface area contributed by atoms with Crippen LogP contribution < -0.4 is 4.31 Å². The van der Waals surface area contributed by atoms with Gasteiger partial charge in [0.2, 0.25) is 10.0 Å². The van der Waals surface area contributed by atoms with Crippen molar-refractivity contribution in [3.8, 4) is 0 Å². The first-order valence-electron chi connectivity index (χ1n) is 10.1. The van der Waals surface area contributed by atoms with Crippen molar-refractivity contribution in [2.24, 2.45) is 0 Å². The van der Waals surface area contributed by atoms with Crippen LogP contribution in [0.2, 0.25) is 0 Å². The topological polar surface area (TPSA) is 49.9 Å². The fourth-order valence-corrected chi connectivity index (χ4v) is 6.24. The van der Waals surface area contributed by atoms with Crippen LogP contribution in [0.4, 0.5) is 5.00 Å². The van der Waals surface area contributed by atoms with Crippen molar-refractivity contribution in [3.05, 3.63) is 29.8 Å². The molecule has 0 spiro atoms. The second-order valence-corrected chi connectivity index (χ2v) is 11.3. The first-order chi connectivity index (χ1) is 13.2. The monoisotopic (exact) mass is 424 g/mol. The first kappa shape index (κ1) is 21.6. The maximum atomic E-state index is 13.0. The van der Waals surface area contributed by atoms with Crippen LogP contribution in [0.15, 0.2) is 24.3 Å². The lowest BCUT2D eigenvalue weighted by Crippen LogP contribution is -2.46. The summed E-state index contributed by atoms with van der Waals surface area (Å²) < 4.78 is 28.8. The second kappa shape index (κ2) is 8.30. The van der Waals surface area contributed by atoms with E-state index >= 15 is 0 Å². The van der Waals surface area contributed by atoms with Gasteiger partial charge in [-0.15, -0.1) is 11.3 Å². The molecule has 28 heavy (non-hydrogen) atoms. The zero-order valence-corrected chi connectivity index (χ0v) is 19.2. The van der Waals surface area contributed by atoms with Crippen LogP contribution in [-0.2, 0) is 14.9 Å². The Hall–Kier alpha value is -1.15. The van der Waals surface area contributed by atoms with Crippen molar-refractivity contribution in [1.29, 1.82) is 0 Å². The van der Waals surface area contributed by atoms with Gasteiger partial charge in [0.15, 0.2) is 0 Å². The van der Waals surface area contributed by atoms with Crippen molar-refractivity contribution in [1.82, 2.24) is 5.06 Å². The van der Waals surface area contributed by atoms with Gasteiger partial charge in [0, 0.05) is 11.2 Å². The van der Waals surface area contributed by atoms with Gasteiger partial charge in [-0.05, 0) is 64.0 Å². The molecular formula is C21H32N2O3S2. The van der Waals surface area contributed by atoms with E-state index in [0.717, 1.165) is 46.5 Å². The van der Waals surface area contributed by atoms with Gasteiger partial charge in [0.05, 0.1) is 23.9 Å². The molecule has 0 bridgehead atoms. The summed E-state index contributed by atoms with van der Waals surface area (Å²) in [5.74, 6) is 0.0920. The zero-order chi connectivity index (χ0) is 20.5. The van der Waals surface area contributed by atoms with E-state index in [-0.39, 0.29) is 17.4 Å². The van der Waals surface area contributed by atoms with E-state index in [2.05, 4.69) is 32.9 Å². The Kier molecular flexibility index (Phi) is 6.39. The fourth-order valence-electron chi connectivity index (χ4n) is 3.56. The third-order valence-electron chi connectivity index (χ3n) is 5.66. The summed E-state index contributed by atoms with van der Waals surface area (Å²) in [5, 5.41) is 3.99. The van der Waals surface area contributed by atoms with Crippen LogP contribution in [0.5, 0.6) is 0 Å². The molecule has 2 aromatic rings. The Bertz CT molecular complexity index is 921. The number of benzene rings is 1. The van der Waals surface area contributed by atoms with Gasteiger partial charge in [-0.3, -0.25) is 9.14 Å². The smallest absolute Gasteiger partial charge is 0.235 e. The number of nitrogens with zero attached hydrogens (tertiary/aromatic N) is 2. The largest absolute Gasteiger partial charge is 0.293 e. The number of thiophene rings is 1. The molecule has 0 amide bonds. The molecule has 0 aliphatic carbocycles. The van der Waals surface area contributed by atoms with E-state index in [0.29, 0.717) is 6.54 Å². The first-order valence-corrected chi connectivity index (χ1v) is 12.6. The van der Waals surface area contributed by atoms with E-state index in [1.54, 1.807) is 22.6 Å². The minimum atomic E-state index is -3.38. The van der Waals surface area contributed by atoms with E-state index in [9.17, 15) is 8.42 Å². The number of anilines is 1. The SMILES string of the molecule is CCC(C)(C)ON1CCCC1CN(c1sc2ccccc2c1C)S(=O)(=O)CC. The number of rotatable bonds is 8. The fraction of sp³-hybridized carbons (Fsp3) is 0.619. The average Bonchev–Trinajstić information content (AvgIpc) is 3.23. The Balaban J connectivity index is 1.94. The highest BCUT2D eigenvalue weighted by Gasteiger charge is 2.35. The molecule has 156 valence electrons. The lowest BCUT2D eigenvalue weighted by molar-refractivity contribution is -0.241. The average molecular weight is 425 g/mol. The summed E-state index contributed by atoms with van der Waals surface area (Å²) >= 11 is 1.56.